The van der Waals surface area contributed by atoms with Crippen LogP contribution in [0.3, 0.4) is 0 Å². The van der Waals surface area contributed by atoms with E-state index in [4.69, 9.17) is 16.9 Å². The van der Waals surface area contributed by atoms with Gasteiger partial charge in [-0.1, -0.05) is 39.3 Å². The molecule has 2 nitrogen and oxygen atoms in total. The van der Waals surface area contributed by atoms with Crippen molar-refractivity contribution < 1.29 is 0 Å². The molecule has 0 saturated carbocycles. The number of rotatable bonds is 6. The van der Waals surface area contributed by atoms with Gasteiger partial charge in [-0.15, -0.1) is 0 Å². The molecule has 0 N–H and O–H groups in total. The molecule has 0 aliphatic heterocycles. The largest absolute Gasteiger partial charge is 0.367 e. The van der Waals surface area contributed by atoms with E-state index in [0.29, 0.717) is 22.5 Å². The summed E-state index contributed by atoms with van der Waals surface area (Å²) in [6.45, 7) is 9.83. The Morgan fingerprint density at radius 2 is 1.89 bits per heavy atom. The molecule has 0 bridgehead atoms. The van der Waals surface area contributed by atoms with Crippen LogP contribution >= 0.6 is 11.6 Å². The van der Waals surface area contributed by atoms with Crippen molar-refractivity contribution in [1.29, 1.82) is 5.26 Å². The fourth-order valence-electron chi connectivity index (χ4n) is 2.38. The summed E-state index contributed by atoms with van der Waals surface area (Å²) in [6, 6.07) is 8.20. The summed E-state index contributed by atoms with van der Waals surface area (Å²) < 4.78 is 0. The molecule has 0 heterocycles. The van der Waals surface area contributed by atoms with E-state index in [1.807, 2.05) is 12.1 Å². The highest BCUT2D eigenvalue weighted by atomic mass is 35.5. The van der Waals surface area contributed by atoms with Gasteiger partial charge in [0.25, 0.3) is 0 Å². The summed E-state index contributed by atoms with van der Waals surface area (Å²) in [5.41, 5.74) is 1.66. The van der Waals surface area contributed by atoms with Crippen LogP contribution in [0.25, 0.3) is 0 Å². The maximum atomic E-state index is 8.92. The normalized spacial score (nSPS) is 10.8. The molecule has 3 heteroatoms. The van der Waals surface area contributed by atoms with Gasteiger partial charge in [0.2, 0.25) is 0 Å². The molecule has 0 spiro atoms. The Kier molecular flexibility index (Phi) is 6.18. The Bertz CT molecular complexity index is 445. The molecule has 1 aromatic carbocycles. The lowest BCUT2D eigenvalue weighted by Crippen LogP contribution is -2.37. The van der Waals surface area contributed by atoms with Crippen LogP contribution in [0.4, 0.5) is 5.69 Å². The summed E-state index contributed by atoms with van der Waals surface area (Å²) in [5.74, 6) is 0.576. The smallest absolute Gasteiger partial charge is 0.0992 e. The standard InChI is InChI=1S/C16H23ClN2/c1-5-14(6-2)19(11-12(3)4)16-8-7-13(10-18)9-15(16)17/h7-9,12,14H,5-6,11H2,1-4H3. The van der Waals surface area contributed by atoms with Gasteiger partial charge >= 0.3 is 0 Å². The van der Waals surface area contributed by atoms with Crippen molar-refractivity contribution >= 4 is 17.3 Å². The van der Waals surface area contributed by atoms with E-state index in [9.17, 15) is 0 Å². The van der Waals surface area contributed by atoms with Crippen molar-refractivity contribution in [2.75, 3.05) is 11.4 Å². The zero-order valence-corrected chi connectivity index (χ0v) is 13.0. The highest BCUT2D eigenvalue weighted by Gasteiger charge is 2.19. The molecule has 0 amide bonds. The Hall–Kier alpha value is -1.20. The second-order valence-corrected chi connectivity index (χ2v) is 5.70. The number of nitriles is 1. The first kappa shape index (κ1) is 15.9. The number of benzene rings is 1. The number of hydrogen-bond donors (Lipinski definition) is 0. The van der Waals surface area contributed by atoms with E-state index in [-0.39, 0.29) is 0 Å². The molecule has 0 unspecified atom stereocenters. The lowest BCUT2D eigenvalue weighted by atomic mass is 10.1. The SMILES string of the molecule is CCC(CC)N(CC(C)C)c1ccc(C#N)cc1Cl. The zero-order chi connectivity index (χ0) is 14.4. The van der Waals surface area contributed by atoms with E-state index in [2.05, 4.69) is 38.7 Å². The topological polar surface area (TPSA) is 27.0 Å². The number of hydrogen-bond acceptors (Lipinski definition) is 2. The lowest BCUT2D eigenvalue weighted by molar-refractivity contribution is 0.507. The van der Waals surface area contributed by atoms with Gasteiger partial charge in [-0.3, -0.25) is 0 Å². The molecule has 104 valence electrons. The molecule has 19 heavy (non-hydrogen) atoms. The van der Waals surface area contributed by atoms with Crippen LogP contribution < -0.4 is 4.90 Å². The Morgan fingerprint density at radius 3 is 2.32 bits per heavy atom. The van der Waals surface area contributed by atoms with E-state index in [1.54, 1.807) is 6.07 Å². The number of halogens is 1. The molecule has 0 saturated heterocycles. The van der Waals surface area contributed by atoms with E-state index < -0.39 is 0 Å². The van der Waals surface area contributed by atoms with E-state index in [1.165, 1.54) is 0 Å². The van der Waals surface area contributed by atoms with Crippen LogP contribution in [0.2, 0.25) is 5.02 Å². The molecule has 1 aromatic rings. The first-order valence-electron chi connectivity index (χ1n) is 6.99. The van der Waals surface area contributed by atoms with Crippen molar-refractivity contribution in [3.63, 3.8) is 0 Å². The predicted molar refractivity (Wildman–Crippen MR) is 82.7 cm³/mol. The van der Waals surface area contributed by atoms with Crippen molar-refractivity contribution in [2.24, 2.45) is 5.92 Å². The van der Waals surface area contributed by atoms with Crippen LogP contribution in [0.1, 0.15) is 46.1 Å². The van der Waals surface area contributed by atoms with Crippen molar-refractivity contribution in [3.8, 4) is 6.07 Å². The predicted octanol–water partition coefficient (Wildman–Crippen LogP) is 4.86. The van der Waals surface area contributed by atoms with Crippen molar-refractivity contribution in [3.05, 3.63) is 28.8 Å². The second kappa shape index (κ2) is 7.40. The average molecular weight is 279 g/mol. The van der Waals surface area contributed by atoms with Gasteiger partial charge in [0.15, 0.2) is 0 Å². The van der Waals surface area contributed by atoms with Gasteiger partial charge in [-0.2, -0.15) is 5.26 Å². The summed E-state index contributed by atoms with van der Waals surface area (Å²) in [5, 5.41) is 9.59. The molecule has 0 aliphatic rings. The van der Waals surface area contributed by atoms with Gasteiger partial charge in [-0.05, 0) is 37.0 Å². The Labute approximate surface area is 122 Å². The van der Waals surface area contributed by atoms with Crippen LogP contribution in [0.5, 0.6) is 0 Å². The van der Waals surface area contributed by atoms with Crippen LogP contribution in [0, 0.1) is 17.2 Å². The lowest BCUT2D eigenvalue weighted by Gasteiger charge is -2.34. The highest BCUT2D eigenvalue weighted by Crippen LogP contribution is 2.30. The minimum absolute atomic E-state index is 0.493. The first-order chi connectivity index (χ1) is 9.03. The van der Waals surface area contributed by atoms with Crippen LogP contribution in [-0.2, 0) is 0 Å². The van der Waals surface area contributed by atoms with E-state index in [0.717, 1.165) is 25.1 Å². The molecular formula is C16H23ClN2. The summed E-state index contributed by atoms with van der Waals surface area (Å²) in [4.78, 5) is 2.38. The summed E-state index contributed by atoms with van der Waals surface area (Å²) >= 11 is 6.35. The quantitative estimate of drug-likeness (QED) is 0.743. The number of nitrogens with zero attached hydrogens (tertiary/aromatic N) is 2. The molecule has 1 rings (SSSR count). The molecule has 0 aromatic heterocycles. The van der Waals surface area contributed by atoms with Crippen LogP contribution in [0.15, 0.2) is 18.2 Å². The minimum Gasteiger partial charge on any atom is -0.367 e. The first-order valence-corrected chi connectivity index (χ1v) is 7.37. The molecule has 0 fully saturated rings. The maximum absolute atomic E-state index is 8.92. The monoisotopic (exact) mass is 278 g/mol. The van der Waals surface area contributed by atoms with Crippen LogP contribution in [-0.4, -0.2) is 12.6 Å². The van der Waals surface area contributed by atoms with Gasteiger partial charge in [0.05, 0.1) is 22.3 Å². The fourth-order valence-corrected chi connectivity index (χ4v) is 2.67. The Morgan fingerprint density at radius 1 is 1.26 bits per heavy atom. The van der Waals surface area contributed by atoms with Gasteiger partial charge in [0, 0.05) is 12.6 Å². The zero-order valence-electron chi connectivity index (χ0n) is 12.3. The Balaban J connectivity index is 3.13. The average Bonchev–Trinajstić information content (AvgIpc) is 2.38. The third kappa shape index (κ3) is 4.14. The van der Waals surface area contributed by atoms with Crippen molar-refractivity contribution in [1.82, 2.24) is 0 Å². The third-order valence-electron chi connectivity index (χ3n) is 3.33. The maximum Gasteiger partial charge on any atom is 0.0992 e. The van der Waals surface area contributed by atoms with E-state index >= 15 is 0 Å². The van der Waals surface area contributed by atoms with Gasteiger partial charge in [-0.25, -0.2) is 0 Å². The fraction of sp³-hybridized carbons (Fsp3) is 0.562. The van der Waals surface area contributed by atoms with Gasteiger partial charge in [0.1, 0.15) is 0 Å². The molecule has 0 radical (unpaired) electrons. The third-order valence-corrected chi connectivity index (χ3v) is 3.63. The highest BCUT2D eigenvalue weighted by molar-refractivity contribution is 6.33. The minimum atomic E-state index is 0.493. The van der Waals surface area contributed by atoms with Gasteiger partial charge < -0.3 is 4.90 Å². The molecular weight excluding hydrogens is 256 g/mol. The second-order valence-electron chi connectivity index (χ2n) is 5.29. The van der Waals surface area contributed by atoms with Crippen molar-refractivity contribution in [2.45, 2.75) is 46.6 Å². The molecule has 0 atom stereocenters. The summed E-state index contributed by atoms with van der Waals surface area (Å²) in [7, 11) is 0. The number of anilines is 1. The molecule has 0 aliphatic carbocycles. The summed E-state index contributed by atoms with van der Waals surface area (Å²) in [6.07, 6.45) is 2.19.